The van der Waals surface area contributed by atoms with Gasteiger partial charge in [0, 0.05) is 28.6 Å². The van der Waals surface area contributed by atoms with Crippen molar-refractivity contribution in [2.24, 2.45) is 0 Å². The summed E-state index contributed by atoms with van der Waals surface area (Å²) in [5.74, 6) is -0.241. The van der Waals surface area contributed by atoms with Crippen molar-refractivity contribution in [2.75, 3.05) is 13.2 Å². The van der Waals surface area contributed by atoms with E-state index in [4.69, 9.17) is 9.47 Å². The first-order valence-corrected chi connectivity index (χ1v) is 9.08. The van der Waals surface area contributed by atoms with Gasteiger partial charge in [-0.3, -0.25) is 10.1 Å². The van der Waals surface area contributed by atoms with Gasteiger partial charge in [-0.05, 0) is 32.9 Å². The Morgan fingerprint density at radius 2 is 1.76 bits per heavy atom. The zero-order valence-electron chi connectivity index (χ0n) is 16.3. The topological polar surface area (TPSA) is 112 Å². The molecule has 0 aliphatic carbocycles. The molecule has 8 heteroatoms. The van der Waals surface area contributed by atoms with Gasteiger partial charge in [0.15, 0.2) is 11.5 Å². The fraction of sp³-hybridized carbons (Fsp3) is 0.238. The average molecular weight is 396 g/mol. The molecule has 8 nitrogen and oxygen atoms in total. The first-order chi connectivity index (χ1) is 13.8. The van der Waals surface area contributed by atoms with E-state index in [0.29, 0.717) is 52.4 Å². The Kier molecular flexibility index (Phi) is 5.63. The van der Waals surface area contributed by atoms with Crippen molar-refractivity contribution in [3.8, 4) is 22.8 Å². The molecule has 3 aromatic rings. The highest BCUT2D eigenvalue weighted by molar-refractivity contribution is 6.04. The molecular weight excluding hydrogens is 376 g/mol. The van der Waals surface area contributed by atoms with Crippen LogP contribution in [0.5, 0.6) is 11.5 Å². The molecule has 0 radical (unpaired) electrons. The number of carbonyl (C=O) groups is 1. The van der Waals surface area contributed by atoms with E-state index < -0.39 is 10.9 Å². The molecule has 0 saturated carbocycles. The summed E-state index contributed by atoms with van der Waals surface area (Å²) in [5, 5.41) is 21.4. The van der Waals surface area contributed by atoms with E-state index in [1.807, 2.05) is 13.8 Å². The molecule has 0 atom stereocenters. The maximum absolute atomic E-state index is 11.9. The second-order valence-corrected chi connectivity index (χ2v) is 6.30. The minimum atomic E-state index is -1.13. The fourth-order valence-corrected chi connectivity index (χ4v) is 3.06. The van der Waals surface area contributed by atoms with E-state index in [2.05, 4.69) is 4.98 Å². The molecule has 0 aliphatic rings. The number of benzene rings is 2. The highest BCUT2D eigenvalue weighted by Gasteiger charge is 2.19. The Hall–Kier alpha value is -3.68. The van der Waals surface area contributed by atoms with Crippen molar-refractivity contribution in [1.29, 1.82) is 0 Å². The number of carboxylic acids is 1. The standard InChI is InChI=1S/C21H20N2O6/c1-4-28-19-10-14-15(21(24)25)9-16(22-17(14)11-20(19)29-5-2)13-7-6-12(3)18(8-13)23(26)27/h6-11H,4-5H2,1-3H3,(H,24,25). The van der Waals surface area contributed by atoms with Crippen LogP contribution in [0.15, 0.2) is 36.4 Å². The molecule has 0 aliphatic heterocycles. The van der Waals surface area contributed by atoms with Crippen LogP contribution in [-0.2, 0) is 0 Å². The Morgan fingerprint density at radius 1 is 1.10 bits per heavy atom. The second kappa shape index (κ2) is 8.14. The number of fused-ring (bicyclic) bond motifs is 1. The summed E-state index contributed by atoms with van der Waals surface area (Å²) in [4.78, 5) is 27.2. The smallest absolute Gasteiger partial charge is 0.336 e. The van der Waals surface area contributed by atoms with Crippen molar-refractivity contribution in [3.63, 3.8) is 0 Å². The molecular formula is C21H20N2O6. The van der Waals surface area contributed by atoms with Gasteiger partial charge in [0.2, 0.25) is 0 Å². The minimum absolute atomic E-state index is 0.0252. The summed E-state index contributed by atoms with van der Waals surface area (Å²) in [6.45, 7) is 6.09. The maximum atomic E-state index is 11.9. The minimum Gasteiger partial charge on any atom is -0.490 e. The lowest BCUT2D eigenvalue weighted by molar-refractivity contribution is -0.385. The van der Waals surface area contributed by atoms with Crippen LogP contribution in [0, 0.1) is 17.0 Å². The lowest BCUT2D eigenvalue weighted by Crippen LogP contribution is -2.03. The van der Waals surface area contributed by atoms with Crippen molar-refractivity contribution < 1.29 is 24.3 Å². The summed E-state index contributed by atoms with van der Waals surface area (Å²) in [5.41, 5.74) is 1.66. The van der Waals surface area contributed by atoms with Gasteiger partial charge in [-0.25, -0.2) is 9.78 Å². The number of carboxylic acid groups (broad SMARTS) is 1. The predicted octanol–water partition coefficient (Wildman–Crippen LogP) is 4.61. The number of hydrogen-bond donors (Lipinski definition) is 1. The van der Waals surface area contributed by atoms with Crippen LogP contribution in [-0.4, -0.2) is 34.2 Å². The Bertz CT molecular complexity index is 1110. The molecule has 0 amide bonds. The molecule has 150 valence electrons. The highest BCUT2D eigenvalue weighted by Crippen LogP contribution is 2.36. The number of nitro groups is 1. The molecule has 1 aromatic heterocycles. The van der Waals surface area contributed by atoms with Crippen molar-refractivity contribution in [2.45, 2.75) is 20.8 Å². The molecule has 0 unspecified atom stereocenters. The lowest BCUT2D eigenvalue weighted by atomic mass is 10.0. The van der Waals surface area contributed by atoms with Crippen LogP contribution in [0.3, 0.4) is 0 Å². The number of aryl methyl sites for hydroxylation is 1. The van der Waals surface area contributed by atoms with Crippen LogP contribution in [0.25, 0.3) is 22.2 Å². The molecule has 2 aromatic carbocycles. The molecule has 1 heterocycles. The molecule has 0 bridgehead atoms. The Morgan fingerprint density at radius 3 is 2.34 bits per heavy atom. The zero-order chi connectivity index (χ0) is 21.1. The second-order valence-electron chi connectivity index (χ2n) is 6.30. The predicted molar refractivity (Wildman–Crippen MR) is 108 cm³/mol. The summed E-state index contributed by atoms with van der Waals surface area (Å²) < 4.78 is 11.2. The largest absolute Gasteiger partial charge is 0.490 e. The third-order valence-electron chi connectivity index (χ3n) is 4.41. The van der Waals surface area contributed by atoms with Gasteiger partial charge in [-0.2, -0.15) is 0 Å². The summed E-state index contributed by atoms with van der Waals surface area (Å²) in [6, 6.07) is 9.33. The van der Waals surface area contributed by atoms with Gasteiger partial charge in [-0.1, -0.05) is 12.1 Å². The van der Waals surface area contributed by atoms with E-state index >= 15 is 0 Å². The van der Waals surface area contributed by atoms with Crippen LogP contribution in [0.4, 0.5) is 5.69 Å². The molecule has 0 spiro atoms. The fourth-order valence-electron chi connectivity index (χ4n) is 3.06. The average Bonchev–Trinajstić information content (AvgIpc) is 2.68. The summed E-state index contributed by atoms with van der Waals surface area (Å²) in [6.07, 6.45) is 0. The molecule has 3 rings (SSSR count). The van der Waals surface area contributed by atoms with Crippen molar-refractivity contribution in [3.05, 3.63) is 57.6 Å². The van der Waals surface area contributed by atoms with Gasteiger partial charge in [-0.15, -0.1) is 0 Å². The normalized spacial score (nSPS) is 10.7. The lowest BCUT2D eigenvalue weighted by Gasteiger charge is -2.14. The number of ether oxygens (including phenoxy) is 2. The van der Waals surface area contributed by atoms with E-state index in [0.717, 1.165) is 0 Å². The van der Waals surface area contributed by atoms with Gasteiger partial charge in [0.05, 0.1) is 34.9 Å². The monoisotopic (exact) mass is 396 g/mol. The highest BCUT2D eigenvalue weighted by atomic mass is 16.6. The maximum Gasteiger partial charge on any atom is 0.336 e. The van der Waals surface area contributed by atoms with Crippen LogP contribution < -0.4 is 9.47 Å². The first-order valence-electron chi connectivity index (χ1n) is 9.08. The number of rotatable bonds is 7. The van der Waals surface area contributed by atoms with Crippen LogP contribution >= 0.6 is 0 Å². The molecule has 0 fully saturated rings. The zero-order valence-corrected chi connectivity index (χ0v) is 16.3. The first kappa shape index (κ1) is 20.1. The van der Waals surface area contributed by atoms with Crippen molar-refractivity contribution in [1.82, 2.24) is 4.98 Å². The Balaban J connectivity index is 2.27. The Labute approximate surface area is 166 Å². The number of aromatic carboxylic acids is 1. The van der Waals surface area contributed by atoms with Crippen LogP contribution in [0.2, 0.25) is 0 Å². The summed E-state index contributed by atoms with van der Waals surface area (Å²) >= 11 is 0. The van der Waals surface area contributed by atoms with Gasteiger partial charge >= 0.3 is 5.97 Å². The third-order valence-corrected chi connectivity index (χ3v) is 4.41. The quantitative estimate of drug-likeness (QED) is 0.458. The number of hydrogen-bond acceptors (Lipinski definition) is 6. The van der Waals surface area contributed by atoms with Crippen LogP contribution in [0.1, 0.15) is 29.8 Å². The number of pyridine rings is 1. The molecule has 29 heavy (non-hydrogen) atoms. The van der Waals surface area contributed by atoms with Gasteiger partial charge in [0.1, 0.15) is 0 Å². The summed E-state index contributed by atoms with van der Waals surface area (Å²) in [7, 11) is 0. The molecule has 1 N–H and O–H groups in total. The number of nitro benzene ring substituents is 1. The number of nitrogens with zero attached hydrogens (tertiary/aromatic N) is 2. The van der Waals surface area contributed by atoms with E-state index in [-0.39, 0.29) is 11.3 Å². The van der Waals surface area contributed by atoms with Crippen molar-refractivity contribution >= 4 is 22.6 Å². The van der Waals surface area contributed by atoms with Gasteiger partial charge in [0.25, 0.3) is 5.69 Å². The van der Waals surface area contributed by atoms with E-state index in [9.17, 15) is 20.0 Å². The SMILES string of the molecule is CCOc1cc2nc(-c3ccc(C)c([N+](=O)[O-])c3)cc(C(=O)O)c2cc1OCC. The van der Waals surface area contributed by atoms with E-state index in [1.165, 1.54) is 12.1 Å². The van der Waals surface area contributed by atoms with E-state index in [1.54, 1.807) is 31.2 Å². The van der Waals surface area contributed by atoms with Gasteiger partial charge < -0.3 is 14.6 Å². The number of aromatic nitrogens is 1. The molecule has 0 saturated heterocycles. The third kappa shape index (κ3) is 3.96.